The number of amides is 2. The zero-order valence-corrected chi connectivity index (χ0v) is 18.4. The van der Waals surface area contributed by atoms with Crippen LogP contribution in [0.15, 0.2) is 36.4 Å². The Hall–Kier alpha value is -2.94. The van der Waals surface area contributed by atoms with Gasteiger partial charge >= 0.3 is 0 Å². The number of hydrogen-bond acceptors (Lipinski definition) is 6. The molecule has 7 nitrogen and oxygen atoms in total. The molecule has 2 aromatic rings. The molecule has 1 heterocycles. The molecular formula is C22H25FN2O5S. The molecular weight excluding hydrogens is 423 g/mol. The van der Waals surface area contributed by atoms with E-state index in [1.54, 1.807) is 30.3 Å². The summed E-state index contributed by atoms with van der Waals surface area (Å²) in [6.07, 6.45) is 0.278. The van der Waals surface area contributed by atoms with Gasteiger partial charge < -0.3 is 24.8 Å². The van der Waals surface area contributed by atoms with Gasteiger partial charge in [0.05, 0.1) is 26.6 Å². The molecule has 2 N–H and O–H groups in total. The molecule has 9 heteroatoms. The van der Waals surface area contributed by atoms with Crippen LogP contribution in [0, 0.1) is 5.82 Å². The Balaban J connectivity index is 1.59. The average molecular weight is 449 g/mol. The summed E-state index contributed by atoms with van der Waals surface area (Å²) in [6.45, 7) is 0.193. The van der Waals surface area contributed by atoms with Gasteiger partial charge in [-0.05, 0) is 24.1 Å². The fraction of sp³-hybridized carbons (Fsp3) is 0.364. The van der Waals surface area contributed by atoms with Crippen molar-refractivity contribution in [3.05, 3.63) is 53.3 Å². The van der Waals surface area contributed by atoms with Crippen molar-refractivity contribution in [3.8, 4) is 17.2 Å². The molecule has 0 radical (unpaired) electrons. The van der Waals surface area contributed by atoms with E-state index in [0.29, 0.717) is 34.1 Å². The number of nitrogens with one attached hydrogen (secondary N) is 2. The molecule has 0 spiro atoms. The number of carbonyl (C=O) groups is 2. The fourth-order valence-corrected chi connectivity index (χ4v) is 4.46. The van der Waals surface area contributed by atoms with Crippen LogP contribution in [0.25, 0.3) is 0 Å². The summed E-state index contributed by atoms with van der Waals surface area (Å²) in [7, 11) is 4.58. The van der Waals surface area contributed by atoms with Crippen LogP contribution in [-0.4, -0.2) is 50.2 Å². The van der Waals surface area contributed by atoms with Crippen molar-refractivity contribution in [1.82, 2.24) is 10.6 Å². The summed E-state index contributed by atoms with van der Waals surface area (Å²) in [5.41, 5.74) is 1.19. The Morgan fingerprint density at radius 3 is 2.42 bits per heavy atom. The minimum atomic E-state index is -0.666. The molecule has 2 atom stereocenters. The lowest BCUT2D eigenvalue weighted by Crippen LogP contribution is -2.54. The summed E-state index contributed by atoms with van der Waals surface area (Å²) < 4.78 is 29.8. The summed E-state index contributed by atoms with van der Waals surface area (Å²) in [6, 6.07) is 9.14. The van der Waals surface area contributed by atoms with E-state index >= 15 is 0 Å². The van der Waals surface area contributed by atoms with Crippen molar-refractivity contribution in [2.45, 2.75) is 24.3 Å². The van der Waals surface area contributed by atoms with Gasteiger partial charge in [-0.2, -0.15) is 0 Å². The first-order valence-electron chi connectivity index (χ1n) is 9.68. The average Bonchev–Trinajstić information content (AvgIpc) is 2.79. The lowest BCUT2D eigenvalue weighted by Gasteiger charge is -2.28. The van der Waals surface area contributed by atoms with Gasteiger partial charge in [0.2, 0.25) is 11.8 Å². The van der Waals surface area contributed by atoms with Crippen molar-refractivity contribution in [2.75, 3.05) is 27.1 Å². The largest absolute Gasteiger partial charge is 0.496 e. The molecule has 2 aromatic carbocycles. The van der Waals surface area contributed by atoms with Crippen LogP contribution in [0.1, 0.15) is 11.1 Å². The maximum Gasteiger partial charge on any atom is 0.243 e. The first kappa shape index (κ1) is 22.7. The van der Waals surface area contributed by atoms with Crippen LogP contribution in [-0.2, 0) is 22.6 Å². The van der Waals surface area contributed by atoms with Crippen molar-refractivity contribution in [2.24, 2.45) is 0 Å². The highest BCUT2D eigenvalue weighted by molar-refractivity contribution is 8.00. The van der Waals surface area contributed by atoms with Crippen LogP contribution < -0.4 is 24.8 Å². The van der Waals surface area contributed by atoms with E-state index < -0.39 is 11.3 Å². The minimum Gasteiger partial charge on any atom is -0.496 e. The summed E-state index contributed by atoms with van der Waals surface area (Å²) >= 11 is 1.35. The maximum absolute atomic E-state index is 13.9. The number of halogens is 1. The molecule has 0 aromatic heterocycles. The SMILES string of the molecule is COc1cc(OC)c(OC)cc1CNC(=O)[C@@H]1CS[C@@H](Cc2ccccc2F)C(=O)N1. The minimum absolute atomic E-state index is 0.193. The third-order valence-corrected chi connectivity index (χ3v) is 6.30. The van der Waals surface area contributed by atoms with Crippen LogP contribution in [0.3, 0.4) is 0 Å². The molecule has 31 heavy (non-hydrogen) atoms. The van der Waals surface area contributed by atoms with E-state index in [1.165, 1.54) is 39.2 Å². The number of methoxy groups -OCH3 is 3. The zero-order chi connectivity index (χ0) is 22.4. The van der Waals surface area contributed by atoms with E-state index in [9.17, 15) is 14.0 Å². The fourth-order valence-electron chi connectivity index (χ4n) is 3.29. The maximum atomic E-state index is 13.9. The van der Waals surface area contributed by atoms with Gasteiger partial charge in [-0.3, -0.25) is 9.59 Å². The van der Waals surface area contributed by atoms with E-state index in [1.807, 2.05) is 0 Å². The van der Waals surface area contributed by atoms with Gasteiger partial charge in [0, 0.05) is 23.9 Å². The molecule has 2 amide bonds. The first-order valence-corrected chi connectivity index (χ1v) is 10.7. The van der Waals surface area contributed by atoms with E-state index in [4.69, 9.17) is 14.2 Å². The number of carbonyl (C=O) groups excluding carboxylic acids is 2. The van der Waals surface area contributed by atoms with Gasteiger partial charge in [0.25, 0.3) is 0 Å². The van der Waals surface area contributed by atoms with Crippen molar-refractivity contribution in [1.29, 1.82) is 0 Å². The smallest absolute Gasteiger partial charge is 0.243 e. The first-order chi connectivity index (χ1) is 15.0. The number of benzene rings is 2. The second-order valence-corrected chi connectivity index (χ2v) is 8.15. The van der Waals surface area contributed by atoms with E-state index in [-0.39, 0.29) is 30.6 Å². The Morgan fingerprint density at radius 1 is 1.10 bits per heavy atom. The van der Waals surface area contributed by atoms with Crippen LogP contribution >= 0.6 is 11.8 Å². The molecule has 166 valence electrons. The molecule has 0 unspecified atom stereocenters. The molecule has 1 aliphatic heterocycles. The predicted octanol–water partition coefficient (Wildman–Crippen LogP) is 2.31. The Morgan fingerprint density at radius 2 is 1.77 bits per heavy atom. The molecule has 1 saturated heterocycles. The topological polar surface area (TPSA) is 85.9 Å². The lowest BCUT2D eigenvalue weighted by molar-refractivity contribution is -0.128. The standard InChI is InChI=1S/C22H25FN2O5S/c1-28-17-10-19(30-3)18(29-2)8-14(17)11-24-21(26)16-12-31-20(22(27)25-16)9-13-6-4-5-7-15(13)23/h4-8,10,16,20H,9,11-12H2,1-3H3,(H,24,26)(H,25,27)/t16-,20-/m0/s1. The van der Waals surface area contributed by atoms with Gasteiger partial charge in [0.15, 0.2) is 11.5 Å². The van der Waals surface area contributed by atoms with Crippen LogP contribution in [0.5, 0.6) is 17.2 Å². The summed E-state index contributed by atoms with van der Waals surface area (Å²) in [5, 5.41) is 5.13. The zero-order valence-electron chi connectivity index (χ0n) is 17.6. The second kappa shape index (κ2) is 10.4. The van der Waals surface area contributed by atoms with Gasteiger partial charge in [0.1, 0.15) is 17.6 Å². The summed E-state index contributed by atoms with van der Waals surface area (Å²) in [5.74, 6) is 1.08. The highest BCUT2D eigenvalue weighted by Gasteiger charge is 2.32. The van der Waals surface area contributed by atoms with Crippen molar-refractivity contribution < 1.29 is 28.2 Å². The third-order valence-electron chi connectivity index (χ3n) is 4.99. The Bertz CT molecular complexity index is 955. The normalized spacial score (nSPS) is 18.1. The predicted molar refractivity (Wildman–Crippen MR) is 116 cm³/mol. The highest BCUT2D eigenvalue weighted by atomic mass is 32.2. The lowest BCUT2D eigenvalue weighted by atomic mass is 10.1. The monoisotopic (exact) mass is 448 g/mol. The molecule has 0 saturated carbocycles. The number of hydrogen-bond donors (Lipinski definition) is 2. The molecule has 1 aliphatic rings. The third kappa shape index (κ3) is 5.41. The van der Waals surface area contributed by atoms with Crippen LogP contribution in [0.2, 0.25) is 0 Å². The van der Waals surface area contributed by atoms with E-state index in [0.717, 1.165) is 0 Å². The van der Waals surface area contributed by atoms with Gasteiger partial charge in [-0.25, -0.2) is 4.39 Å². The second-order valence-electron chi connectivity index (χ2n) is 6.92. The number of ether oxygens (including phenoxy) is 3. The number of rotatable bonds is 8. The van der Waals surface area contributed by atoms with Gasteiger partial charge in [-0.15, -0.1) is 11.8 Å². The quantitative estimate of drug-likeness (QED) is 0.645. The van der Waals surface area contributed by atoms with Crippen molar-refractivity contribution in [3.63, 3.8) is 0 Å². The highest BCUT2D eigenvalue weighted by Crippen LogP contribution is 2.34. The number of thioether (sulfide) groups is 1. The van der Waals surface area contributed by atoms with Crippen molar-refractivity contribution >= 4 is 23.6 Å². The Labute approximate surface area is 184 Å². The summed E-state index contributed by atoms with van der Waals surface area (Å²) in [4.78, 5) is 25.1. The molecule has 0 aliphatic carbocycles. The molecule has 1 fully saturated rings. The van der Waals surface area contributed by atoms with Gasteiger partial charge in [-0.1, -0.05) is 18.2 Å². The Kier molecular flexibility index (Phi) is 7.62. The van der Waals surface area contributed by atoms with Crippen LogP contribution in [0.4, 0.5) is 4.39 Å². The molecule has 0 bridgehead atoms. The van der Waals surface area contributed by atoms with E-state index in [2.05, 4.69) is 10.6 Å². The molecule has 3 rings (SSSR count).